The number of para-hydroxylation sites is 1. The summed E-state index contributed by atoms with van der Waals surface area (Å²) in [6.07, 6.45) is 1.14. The fourth-order valence-corrected chi connectivity index (χ4v) is 4.80. The minimum atomic E-state index is -0.220. The average Bonchev–Trinajstić information content (AvgIpc) is 3.13. The lowest BCUT2D eigenvalue weighted by atomic mass is 10.2. The molecule has 1 aliphatic heterocycles. The summed E-state index contributed by atoms with van der Waals surface area (Å²) in [5.41, 5.74) is 0.524. The van der Waals surface area contributed by atoms with Crippen LogP contribution < -0.4 is 5.56 Å². The molecule has 0 bridgehead atoms. The zero-order chi connectivity index (χ0) is 21.8. The van der Waals surface area contributed by atoms with Crippen molar-refractivity contribution in [2.75, 3.05) is 18.8 Å². The van der Waals surface area contributed by atoms with E-state index in [4.69, 9.17) is 0 Å². The van der Waals surface area contributed by atoms with E-state index in [1.54, 1.807) is 10.6 Å². The molecule has 1 aromatic carbocycles. The Morgan fingerprint density at radius 2 is 1.87 bits per heavy atom. The Labute approximate surface area is 181 Å². The number of fused-ring (bicyclic) bond motifs is 1. The second-order valence-electron chi connectivity index (χ2n) is 8.12. The molecular formula is C22H30N4O3S. The third-order valence-electron chi connectivity index (χ3n) is 5.43. The van der Waals surface area contributed by atoms with Crippen LogP contribution in [0.2, 0.25) is 0 Å². The minimum Gasteiger partial charge on any atom is -0.297 e. The number of carbonyl (C=O) groups is 2. The summed E-state index contributed by atoms with van der Waals surface area (Å²) >= 11 is 1.23. The minimum absolute atomic E-state index is 0.0919. The van der Waals surface area contributed by atoms with Crippen molar-refractivity contribution in [2.24, 2.45) is 0 Å². The molecule has 0 saturated carbocycles. The van der Waals surface area contributed by atoms with Gasteiger partial charge in [0.15, 0.2) is 5.16 Å². The number of thioether (sulfide) groups is 1. The molecule has 0 N–H and O–H groups in total. The van der Waals surface area contributed by atoms with Crippen LogP contribution in [0.15, 0.2) is 34.2 Å². The summed E-state index contributed by atoms with van der Waals surface area (Å²) < 4.78 is 1.67. The van der Waals surface area contributed by atoms with Crippen LogP contribution in [0.1, 0.15) is 40.5 Å². The van der Waals surface area contributed by atoms with Crippen LogP contribution in [-0.4, -0.2) is 62.1 Å². The SMILES string of the molecule is CC(C)N(CCn1c(SCC(=O)N2CCCC2=O)nc2ccccc2c1=O)C(C)C. The van der Waals surface area contributed by atoms with Gasteiger partial charge in [-0.3, -0.25) is 28.8 Å². The molecule has 7 nitrogen and oxygen atoms in total. The lowest BCUT2D eigenvalue weighted by Crippen LogP contribution is -2.40. The van der Waals surface area contributed by atoms with Crippen LogP contribution in [-0.2, 0) is 16.1 Å². The topological polar surface area (TPSA) is 75.5 Å². The molecule has 0 atom stereocenters. The second-order valence-corrected chi connectivity index (χ2v) is 9.07. The number of nitrogens with zero attached hydrogens (tertiary/aromatic N) is 4. The highest BCUT2D eigenvalue weighted by molar-refractivity contribution is 7.99. The molecule has 0 spiro atoms. The van der Waals surface area contributed by atoms with E-state index in [2.05, 4.69) is 37.6 Å². The lowest BCUT2D eigenvalue weighted by molar-refractivity contribution is -0.140. The average molecular weight is 431 g/mol. The molecule has 162 valence electrons. The van der Waals surface area contributed by atoms with Crippen LogP contribution in [0.25, 0.3) is 10.9 Å². The molecule has 0 radical (unpaired) electrons. The van der Waals surface area contributed by atoms with Crippen molar-refractivity contribution < 1.29 is 9.59 Å². The number of likely N-dealkylation sites (tertiary alicyclic amines) is 1. The van der Waals surface area contributed by atoms with Crippen molar-refractivity contribution in [3.05, 3.63) is 34.6 Å². The first-order valence-corrected chi connectivity index (χ1v) is 11.5. The number of benzene rings is 1. The molecule has 1 aromatic heterocycles. The lowest BCUT2D eigenvalue weighted by Gasteiger charge is -2.30. The fourth-order valence-electron chi connectivity index (χ4n) is 3.90. The van der Waals surface area contributed by atoms with Crippen LogP contribution in [0.3, 0.4) is 0 Å². The van der Waals surface area contributed by atoms with Crippen LogP contribution >= 0.6 is 11.8 Å². The van der Waals surface area contributed by atoms with Gasteiger partial charge in [0.05, 0.1) is 16.7 Å². The maximum Gasteiger partial charge on any atom is 0.262 e. The first-order chi connectivity index (χ1) is 14.3. The van der Waals surface area contributed by atoms with Gasteiger partial charge in [-0.1, -0.05) is 23.9 Å². The second kappa shape index (κ2) is 9.75. The van der Waals surface area contributed by atoms with E-state index in [1.807, 2.05) is 18.2 Å². The number of hydrogen-bond acceptors (Lipinski definition) is 6. The van der Waals surface area contributed by atoms with Gasteiger partial charge in [-0.05, 0) is 46.2 Å². The van der Waals surface area contributed by atoms with Gasteiger partial charge in [-0.2, -0.15) is 0 Å². The molecule has 1 fully saturated rings. The van der Waals surface area contributed by atoms with Gasteiger partial charge in [-0.25, -0.2) is 4.98 Å². The summed E-state index contributed by atoms with van der Waals surface area (Å²) in [7, 11) is 0. The van der Waals surface area contributed by atoms with Crippen molar-refractivity contribution in [1.82, 2.24) is 19.4 Å². The monoisotopic (exact) mass is 430 g/mol. The Morgan fingerprint density at radius 1 is 1.17 bits per heavy atom. The smallest absolute Gasteiger partial charge is 0.262 e. The Balaban J connectivity index is 1.87. The molecule has 2 amide bonds. The van der Waals surface area contributed by atoms with Crippen molar-refractivity contribution in [3.8, 4) is 0 Å². The van der Waals surface area contributed by atoms with Crippen molar-refractivity contribution in [2.45, 2.75) is 64.3 Å². The van der Waals surface area contributed by atoms with E-state index < -0.39 is 0 Å². The van der Waals surface area contributed by atoms with Gasteiger partial charge in [0.25, 0.3) is 5.56 Å². The molecule has 3 rings (SSSR count). The predicted molar refractivity (Wildman–Crippen MR) is 120 cm³/mol. The Bertz CT molecular complexity index is 978. The molecule has 2 heterocycles. The third kappa shape index (κ3) is 4.92. The summed E-state index contributed by atoms with van der Waals surface area (Å²) in [6.45, 7) is 10.2. The normalized spacial score (nSPS) is 14.6. The molecular weight excluding hydrogens is 400 g/mol. The van der Waals surface area contributed by atoms with Crippen molar-refractivity contribution >= 4 is 34.5 Å². The van der Waals surface area contributed by atoms with Gasteiger partial charge in [0, 0.05) is 38.1 Å². The zero-order valence-electron chi connectivity index (χ0n) is 18.1. The van der Waals surface area contributed by atoms with E-state index in [-0.39, 0.29) is 23.1 Å². The van der Waals surface area contributed by atoms with Gasteiger partial charge >= 0.3 is 0 Å². The number of rotatable bonds is 8. The summed E-state index contributed by atoms with van der Waals surface area (Å²) in [4.78, 5) is 45.8. The van der Waals surface area contributed by atoms with E-state index in [0.29, 0.717) is 60.6 Å². The third-order valence-corrected chi connectivity index (χ3v) is 6.40. The molecule has 1 aliphatic rings. The first kappa shape index (κ1) is 22.5. The first-order valence-electron chi connectivity index (χ1n) is 10.5. The fraction of sp³-hybridized carbons (Fsp3) is 0.545. The Morgan fingerprint density at radius 3 is 2.50 bits per heavy atom. The quantitative estimate of drug-likeness (QED) is 0.474. The maximum absolute atomic E-state index is 13.2. The number of imide groups is 1. The van der Waals surface area contributed by atoms with Crippen LogP contribution in [0.5, 0.6) is 0 Å². The van der Waals surface area contributed by atoms with Gasteiger partial charge in [-0.15, -0.1) is 0 Å². The molecule has 8 heteroatoms. The van der Waals surface area contributed by atoms with E-state index >= 15 is 0 Å². The Hall–Kier alpha value is -2.19. The van der Waals surface area contributed by atoms with E-state index in [0.717, 1.165) is 0 Å². The van der Waals surface area contributed by atoms with Gasteiger partial charge in [0.1, 0.15) is 0 Å². The van der Waals surface area contributed by atoms with Crippen LogP contribution in [0.4, 0.5) is 0 Å². The number of carbonyl (C=O) groups excluding carboxylic acids is 2. The van der Waals surface area contributed by atoms with Crippen molar-refractivity contribution in [3.63, 3.8) is 0 Å². The summed E-state index contributed by atoms with van der Waals surface area (Å²) in [5, 5.41) is 1.09. The summed E-state index contributed by atoms with van der Waals surface area (Å²) in [6, 6.07) is 7.99. The predicted octanol–water partition coefficient (Wildman–Crippen LogP) is 2.76. The van der Waals surface area contributed by atoms with Gasteiger partial charge < -0.3 is 0 Å². The summed E-state index contributed by atoms with van der Waals surface area (Å²) in [5.74, 6) is -0.245. The van der Waals surface area contributed by atoms with Gasteiger partial charge in [0.2, 0.25) is 11.8 Å². The number of hydrogen-bond donors (Lipinski definition) is 0. The van der Waals surface area contributed by atoms with E-state index in [9.17, 15) is 14.4 Å². The van der Waals surface area contributed by atoms with Crippen LogP contribution in [0, 0.1) is 0 Å². The number of aromatic nitrogens is 2. The molecule has 30 heavy (non-hydrogen) atoms. The maximum atomic E-state index is 13.2. The number of amides is 2. The standard InChI is InChI=1S/C22H30N4O3S/c1-15(2)24(16(3)4)12-13-26-21(29)17-8-5-6-9-18(17)23-22(26)30-14-20(28)25-11-7-10-19(25)27/h5-6,8-9,15-16H,7,10-14H2,1-4H3. The highest BCUT2D eigenvalue weighted by Gasteiger charge is 2.26. The highest BCUT2D eigenvalue weighted by atomic mass is 32.2. The largest absolute Gasteiger partial charge is 0.297 e. The van der Waals surface area contributed by atoms with E-state index in [1.165, 1.54) is 16.7 Å². The molecule has 1 saturated heterocycles. The van der Waals surface area contributed by atoms with Crippen molar-refractivity contribution in [1.29, 1.82) is 0 Å². The zero-order valence-corrected chi connectivity index (χ0v) is 18.9. The molecule has 0 aliphatic carbocycles. The Kier molecular flexibility index (Phi) is 7.31. The molecule has 0 unspecified atom stereocenters. The molecule has 2 aromatic rings. The highest BCUT2D eigenvalue weighted by Crippen LogP contribution is 2.20.